The van der Waals surface area contributed by atoms with Gasteiger partial charge < -0.3 is 15.5 Å². The van der Waals surface area contributed by atoms with E-state index in [1.807, 2.05) is 0 Å². The maximum Gasteiger partial charge on any atom is 0.253 e. The van der Waals surface area contributed by atoms with Crippen LogP contribution in [-0.2, 0) is 0 Å². The second-order valence-electron chi connectivity index (χ2n) is 6.07. The molecule has 0 radical (unpaired) electrons. The molecule has 1 fully saturated rings. The number of amides is 2. The van der Waals surface area contributed by atoms with Crippen LogP contribution < -0.4 is 5.73 Å². The molecule has 1 aliphatic heterocycles. The van der Waals surface area contributed by atoms with E-state index >= 15 is 0 Å². The number of hydrogen-bond acceptors (Lipinski definition) is 3. The van der Waals surface area contributed by atoms with Crippen LogP contribution in [0, 0.1) is 0 Å². The van der Waals surface area contributed by atoms with Gasteiger partial charge in [-0.15, -0.1) is 0 Å². The summed E-state index contributed by atoms with van der Waals surface area (Å²) in [6.45, 7) is 2.27. The summed E-state index contributed by atoms with van der Waals surface area (Å²) in [6.07, 6.45) is 0.743. The predicted octanol–water partition coefficient (Wildman–Crippen LogP) is 2.91. The standard InChI is InChI=1S/C19H20ClN3O2/c20-16-7-5-14(6-8-16)18(24)22-9-2-10-23(12-11-22)19(25)15-3-1-4-17(21)13-15/h1,3-8,13H,2,9-12,21H2. The first-order chi connectivity index (χ1) is 12.0. The summed E-state index contributed by atoms with van der Waals surface area (Å²) < 4.78 is 0. The number of anilines is 1. The van der Waals surface area contributed by atoms with Crippen LogP contribution in [0.5, 0.6) is 0 Å². The topological polar surface area (TPSA) is 66.6 Å². The number of nitrogens with two attached hydrogens (primary N) is 1. The number of carbonyl (C=O) groups is 2. The van der Waals surface area contributed by atoms with Crippen LogP contribution in [0.1, 0.15) is 27.1 Å². The molecule has 130 valence electrons. The number of hydrogen-bond donors (Lipinski definition) is 1. The van der Waals surface area contributed by atoms with Crippen molar-refractivity contribution in [3.8, 4) is 0 Å². The molecule has 1 aliphatic rings. The predicted molar refractivity (Wildman–Crippen MR) is 98.7 cm³/mol. The van der Waals surface area contributed by atoms with Crippen molar-refractivity contribution in [2.75, 3.05) is 31.9 Å². The quantitative estimate of drug-likeness (QED) is 0.840. The molecule has 5 nitrogen and oxygen atoms in total. The number of nitrogen functional groups attached to an aromatic ring is 1. The van der Waals surface area contributed by atoms with E-state index in [2.05, 4.69) is 0 Å². The molecule has 0 unspecified atom stereocenters. The second kappa shape index (κ2) is 7.57. The van der Waals surface area contributed by atoms with Crippen LogP contribution in [-0.4, -0.2) is 47.8 Å². The minimum absolute atomic E-state index is 0.0325. The molecule has 0 aliphatic carbocycles. The largest absolute Gasteiger partial charge is 0.399 e. The van der Waals surface area contributed by atoms with Gasteiger partial charge in [0.2, 0.25) is 0 Å². The van der Waals surface area contributed by atoms with Crippen molar-refractivity contribution in [1.82, 2.24) is 9.80 Å². The van der Waals surface area contributed by atoms with Gasteiger partial charge in [0.05, 0.1) is 0 Å². The van der Waals surface area contributed by atoms with Crippen LogP contribution in [0.4, 0.5) is 5.69 Å². The van der Waals surface area contributed by atoms with Crippen molar-refractivity contribution in [3.05, 3.63) is 64.7 Å². The lowest BCUT2D eigenvalue weighted by Gasteiger charge is -2.22. The number of nitrogens with zero attached hydrogens (tertiary/aromatic N) is 2. The average Bonchev–Trinajstić information content (AvgIpc) is 2.87. The van der Waals surface area contributed by atoms with Gasteiger partial charge in [-0.1, -0.05) is 17.7 Å². The first kappa shape index (κ1) is 17.3. The van der Waals surface area contributed by atoms with Crippen LogP contribution in [0.3, 0.4) is 0 Å². The molecule has 2 aromatic carbocycles. The van der Waals surface area contributed by atoms with Crippen molar-refractivity contribution in [2.24, 2.45) is 0 Å². The molecule has 0 bridgehead atoms. The zero-order valence-electron chi connectivity index (χ0n) is 13.8. The van der Waals surface area contributed by atoms with Crippen molar-refractivity contribution < 1.29 is 9.59 Å². The zero-order valence-corrected chi connectivity index (χ0v) is 14.6. The smallest absolute Gasteiger partial charge is 0.253 e. The summed E-state index contributed by atoms with van der Waals surface area (Å²) in [5, 5.41) is 0.603. The van der Waals surface area contributed by atoms with E-state index in [0.717, 1.165) is 6.42 Å². The molecule has 1 saturated heterocycles. The Labute approximate surface area is 152 Å². The molecular formula is C19H20ClN3O2. The van der Waals surface area contributed by atoms with E-state index in [0.29, 0.717) is 48.0 Å². The number of carbonyl (C=O) groups excluding carboxylic acids is 2. The number of halogens is 1. The summed E-state index contributed by atoms with van der Waals surface area (Å²) in [7, 11) is 0. The van der Waals surface area contributed by atoms with Crippen molar-refractivity contribution in [3.63, 3.8) is 0 Å². The fourth-order valence-corrected chi connectivity index (χ4v) is 3.08. The molecule has 0 aromatic heterocycles. The van der Waals surface area contributed by atoms with Gasteiger partial charge in [-0.3, -0.25) is 9.59 Å². The van der Waals surface area contributed by atoms with E-state index in [9.17, 15) is 9.59 Å². The first-order valence-corrected chi connectivity index (χ1v) is 8.62. The summed E-state index contributed by atoms with van der Waals surface area (Å²) in [4.78, 5) is 28.8. The third-order valence-corrected chi connectivity index (χ3v) is 4.55. The van der Waals surface area contributed by atoms with E-state index in [1.54, 1.807) is 58.3 Å². The monoisotopic (exact) mass is 357 g/mol. The Morgan fingerprint density at radius 3 is 2.04 bits per heavy atom. The Kier molecular flexibility index (Phi) is 5.24. The minimum Gasteiger partial charge on any atom is -0.399 e. The van der Waals surface area contributed by atoms with Gasteiger partial charge in [0, 0.05) is 48.0 Å². The van der Waals surface area contributed by atoms with Crippen LogP contribution >= 0.6 is 11.6 Å². The fraction of sp³-hybridized carbons (Fsp3) is 0.263. The highest BCUT2D eigenvalue weighted by molar-refractivity contribution is 6.30. The average molecular weight is 358 g/mol. The highest BCUT2D eigenvalue weighted by Crippen LogP contribution is 2.15. The lowest BCUT2D eigenvalue weighted by Crippen LogP contribution is -2.37. The van der Waals surface area contributed by atoms with Gasteiger partial charge in [0.25, 0.3) is 11.8 Å². The van der Waals surface area contributed by atoms with Gasteiger partial charge in [-0.25, -0.2) is 0 Å². The summed E-state index contributed by atoms with van der Waals surface area (Å²) in [6, 6.07) is 13.9. The normalized spacial score (nSPS) is 14.9. The highest BCUT2D eigenvalue weighted by Gasteiger charge is 2.23. The minimum atomic E-state index is -0.0481. The number of rotatable bonds is 2. The Hall–Kier alpha value is -2.53. The zero-order chi connectivity index (χ0) is 17.8. The van der Waals surface area contributed by atoms with Crippen molar-refractivity contribution in [1.29, 1.82) is 0 Å². The molecule has 0 saturated carbocycles. The Morgan fingerprint density at radius 1 is 0.840 bits per heavy atom. The van der Waals surface area contributed by atoms with E-state index in [4.69, 9.17) is 17.3 Å². The van der Waals surface area contributed by atoms with Crippen LogP contribution in [0.15, 0.2) is 48.5 Å². The Balaban J connectivity index is 1.67. The van der Waals surface area contributed by atoms with Gasteiger partial charge in [0.15, 0.2) is 0 Å². The molecule has 25 heavy (non-hydrogen) atoms. The second-order valence-corrected chi connectivity index (χ2v) is 6.51. The molecule has 2 N–H and O–H groups in total. The van der Waals surface area contributed by atoms with Gasteiger partial charge in [-0.05, 0) is 48.9 Å². The highest BCUT2D eigenvalue weighted by atomic mass is 35.5. The molecule has 2 amide bonds. The maximum atomic E-state index is 12.6. The first-order valence-electron chi connectivity index (χ1n) is 8.24. The Bertz CT molecular complexity index is 776. The molecule has 6 heteroatoms. The van der Waals surface area contributed by atoms with Crippen LogP contribution in [0.2, 0.25) is 5.02 Å². The third-order valence-electron chi connectivity index (χ3n) is 4.30. The lowest BCUT2D eigenvalue weighted by molar-refractivity contribution is 0.0719. The summed E-state index contributed by atoms with van der Waals surface area (Å²) >= 11 is 5.87. The van der Waals surface area contributed by atoms with Crippen molar-refractivity contribution in [2.45, 2.75) is 6.42 Å². The molecule has 0 atom stereocenters. The third kappa shape index (κ3) is 4.12. The van der Waals surface area contributed by atoms with E-state index in [-0.39, 0.29) is 11.8 Å². The molecular weight excluding hydrogens is 338 g/mol. The van der Waals surface area contributed by atoms with Gasteiger partial charge in [0.1, 0.15) is 0 Å². The van der Waals surface area contributed by atoms with E-state index in [1.165, 1.54) is 0 Å². The molecule has 2 aromatic rings. The van der Waals surface area contributed by atoms with Gasteiger partial charge >= 0.3 is 0 Å². The van der Waals surface area contributed by atoms with Crippen molar-refractivity contribution >= 4 is 29.1 Å². The fourth-order valence-electron chi connectivity index (χ4n) is 2.95. The lowest BCUT2D eigenvalue weighted by atomic mass is 10.1. The Morgan fingerprint density at radius 2 is 1.44 bits per heavy atom. The molecule has 3 rings (SSSR count). The summed E-state index contributed by atoms with van der Waals surface area (Å²) in [5.41, 5.74) is 7.52. The van der Waals surface area contributed by atoms with Crippen LogP contribution in [0.25, 0.3) is 0 Å². The van der Waals surface area contributed by atoms with Gasteiger partial charge in [-0.2, -0.15) is 0 Å². The van der Waals surface area contributed by atoms with E-state index < -0.39 is 0 Å². The summed E-state index contributed by atoms with van der Waals surface area (Å²) in [5.74, 6) is -0.0805. The molecule has 0 spiro atoms. The number of benzene rings is 2. The maximum absolute atomic E-state index is 12.6. The SMILES string of the molecule is Nc1cccc(C(=O)N2CCCN(C(=O)c3ccc(Cl)cc3)CC2)c1. The molecule has 1 heterocycles.